The van der Waals surface area contributed by atoms with Gasteiger partial charge in [-0.15, -0.1) is 0 Å². The van der Waals surface area contributed by atoms with Gasteiger partial charge in [0.15, 0.2) is 0 Å². The number of hydrogen-bond acceptors (Lipinski definition) is 0. The Hall–Kier alpha value is -0.260. The van der Waals surface area contributed by atoms with Crippen molar-refractivity contribution in [3.05, 3.63) is 12.2 Å². The first-order chi connectivity index (χ1) is 3.45. The molecule has 0 aliphatic heterocycles. The van der Waals surface area contributed by atoms with Crippen molar-refractivity contribution in [3.8, 4) is 0 Å². The van der Waals surface area contributed by atoms with Crippen molar-refractivity contribution in [2.24, 2.45) is 11.8 Å². The molecule has 0 aromatic carbocycles. The largest absolute Gasteiger partial charge is 0.0851 e. The van der Waals surface area contributed by atoms with Gasteiger partial charge in [-0.25, -0.2) is 0 Å². The number of allylic oxidation sites excluding steroid dienone is 2. The average molecular weight is 94.2 g/mol. The van der Waals surface area contributed by atoms with Crippen molar-refractivity contribution >= 4 is 0 Å². The van der Waals surface area contributed by atoms with Gasteiger partial charge in [-0.05, 0) is 31.1 Å². The highest BCUT2D eigenvalue weighted by Crippen LogP contribution is 2.38. The van der Waals surface area contributed by atoms with Gasteiger partial charge in [-0.2, -0.15) is 0 Å². The van der Waals surface area contributed by atoms with Crippen molar-refractivity contribution in [3.63, 3.8) is 0 Å². The van der Waals surface area contributed by atoms with E-state index in [2.05, 4.69) is 12.2 Å². The number of hydrogen-bond donors (Lipinski definition) is 0. The molecule has 0 heteroatoms. The van der Waals surface area contributed by atoms with Crippen molar-refractivity contribution in [2.75, 3.05) is 0 Å². The lowest BCUT2D eigenvalue weighted by Gasteiger charge is -1.96. The van der Waals surface area contributed by atoms with Crippen LogP contribution >= 0.6 is 0 Å². The Labute approximate surface area is 44.2 Å². The summed E-state index contributed by atoms with van der Waals surface area (Å²) >= 11 is 0. The molecule has 0 saturated heterocycles. The molecule has 0 heterocycles. The molecule has 7 heavy (non-hydrogen) atoms. The zero-order valence-electron chi connectivity index (χ0n) is 4.43. The van der Waals surface area contributed by atoms with Crippen molar-refractivity contribution < 1.29 is 0 Å². The first-order valence-electron chi connectivity index (χ1n) is 3.13. The first-order valence-corrected chi connectivity index (χ1v) is 3.13. The van der Waals surface area contributed by atoms with E-state index in [-0.39, 0.29) is 0 Å². The monoisotopic (exact) mass is 94.1 g/mol. The van der Waals surface area contributed by atoms with Gasteiger partial charge in [-0.1, -0.05) is 12.2 Å². The molecule has 0 nitrogen and oxygen atoms in total. The van der Waals surface area contributed by atoms with Gasteiger partial charge in [0.2, 0.25) is 0 Å². The third-order valence-corrected chi connectivity index (χ3v) is 2.17. The maximum absolute atomic E-state index is 2.38. The van der Waals surface area contributed by atoms with Gasteiger partial charge in [0.25, 0.3) is 0 Å². The molecule has 2 atom stereocenters. The molecule has 0 N–H and O–H groups in total. The summed E-state index contributed by atoms with van der Waals surface area (Å²) in [4.78, 5) is 0. The van der Waals surface area contributed by atoms with Crippen LogP contribution in [0, 0.1) is 11.8 Å². The lowest BCUT2D eigenvalue weighted by Crippen LogP contribution is -1.82. The minimum atomic E-state index is 0.991. The van der Waals surface area contributed by atoms with E-state index in [9.17, 15) is 0 Å². The highest BCUT2D eigenvalue weighted by Gasteiger charge is 2.25. The quantitative estimate of drug-likeness (QED) is 0.402. The summed E-state index contributed by atoms with van der Waals surface area (Å²) in [6.45, 7) is 0. The lowest BCUT2D eigenvalue weighted by atomic mass is 10.1. The highest BCUT2D eigenvalue weighted by atomic mass is 14.3. The zero-order valence-corrected chi connectivity index (χ0v) is 4.43. The Kier molecular flexibility index (Phi) is 0.592. The Morgan fingerprint density at radius 1 is 1.00 bits per heavy atom. The fraction of sp³-hybridized carbons (Fsp3) is 0.714. The molecule has 0 radical (unpaired) electrons. The Bertz CT molecular complexity index is 90.6. The lowest BCUT2D eigenvalue weighted by molar-refractivity contribution is 0.691. The van der Waals surface area contributed by atoms with Crippen LogP contribution in [0.15, 0.2) is 12.2 Å². The normalized spacial score (nSPS) is 45.7. The molecule has 38 valence electrons. The number of fused-ring (bicyclic) bond motifs is 2. The Morgan fingerprint density at radius 3 is 1.71 bits per heavy atom. The molecule has 0 aromatic rings. The smallest absolute Gasteiger partial charge is 0.0228 e. The van der Waals surface area contributed by atoms with Crippen LogP contribution in [0.4, 0.5) is 0 Å². The number of rotatable bonds is 0. The van der Waals surface area contributed by atoms with Crippen LogP contribution in [0.2, 0.25) is 0 Å². The van der Waals surface area contributed by atoms with E-state index in [0.29, 0.717) is 0 Å². The van der Waals surface area contributed by atoms with E-state index in [1.54, 1.807) is 0 Å². The Morgan fingerprint density at radius 2 is 1.57 bits per heavy atom. The summed E-state index contributed by atoms with van der Waals surface area (Å²) in [6, 6.07) is 0. The molecule has 0 spiro atoms. The molecule has 0 amide bonds. The summed E-state index contributed by atoms with van der Waals surface area (Å²) in [7, 11) is 0. The van der Waals surface area contributed by atoms with Crippen LogP contribution in [0.5, 0.6) is 0 Å². The summed E-state index contributed by atoms with van der Waals surface area (Å²) in [5.41, 5.74) is 0. The SMILES string of the molecule is C1=C[C@H]2CC[C@@H]1C2. The molecule has 2 aliphatic carbocycles. The van der Waals surface area contributed by atoms with Gasteiger partial charge in [0.05, 0.1) is 0 Å². The summed E-state index contributed by atoms with van der Waals surface area (Å²) in [6.07, 6.45) is 9.19. The van der Waals surface area contributed by atoms with Gasteiger partial charge in [0.1, 0.15) is 0 Å². The predicted molar refractivity (Wildman–Crippen MR) is 30.0 cm³/mol. The maximum atomic E-state index is 2.38. The molecule has 1 fully saturated rings. The predicted octanol–water partition coefficient (Wildman–Crippen LogP) is 1.97. The van der Waals surface area contributed by atoms with Gasteiger partial charge < -0.3 is 0 Å². The van der Waals surface area contributed by atoms with E-state index in [0.717, 1.165) is 11.8 Å². The van der Waals surface area contributed by atoms with Crippen LogP contribution in [0.3, 0.4) is 0 Å². The maximum Gasteiger partial charge on any atom is -0.0228 e. The molecule has 2 aliphatic rings. The van der Waals surface area contributed by atoms with Crippen LogP contribution < -0.4 is 0 Å². The summed E-state index contributed by atoms with van der Waals surface area (Å²) in [5, 5.41) is 0. The molecule has 1 saturated carbocycles. The fourth-order valence-corrected chi connectivity index (χ4v) is 1.72. The third kappa shape index (κ3) is 0.425. The van der Waals surface area contributed by atoms with E-state index < -0.39 is 0 Å². The average Bonchev–Trinajstić information content (AvgIpc) is 2.22. The topological polar surface area (TPSA) is 0 Å². The Balaban J connectivity index is 2.27. The van der Waals surface area contributed by atoms with Crippen LogP contribution in [0.1, 0.15) is 19.3 Å². The molecule has 2 rings (SSSR count). The minimum Gasteiger partial charge on any atom is -0.0851 e. The molecule has 0 unspecified atom stereocenters. The van der Waals surface area contributed by atoms with Crippen molar-refractivity contribution in [1.29, 1.82) is 0 Å². The van der Waals surface area contributed by atoms with E-state index >= 15 is 0 Å². The van der Waals surface area contributed by atoms with Crippen molar-refractivity contribution in [2.45, 2.75) is 19.3 Å². The molecule has 2 bridgehead atoms. The van der Waals surface area contributed by atoms with Gasteiger partial charge in [-0.3, -0.25) is 0 Å². The van der Waals surface area contributed by atoms with E-state index in [1.807, 2.05) is 0 Å². The second-order valence-electron chi connectivity index (χ2n) is 2.72. The van der Waals surface area contributed by atoms with Crippen LogP contribution in [-0.4, -0.2) is 0 Å². The summed E-state index contributed by atoms with van der Waals surface area (Å²) in [5.74, 6) is 1.98. The van der Waals surface area contributed by atoms with Crippen LogP contribution in [-0.2, 0) is 0 Å². The minimum absolute atomic E-state index is 0.991. The fourth-order valence-electron chi connectivity index (χ4n) is 1.72. The van der Waals surface area contributed by atoms with E-state index in [1.165, 1.54) is 19.3 Å². The highest BCUT2D eigenvalue weighted by molar-refractivity contribution is 5.06. The van der Waals surface area contributed by atoms with Gasteiger partial charge >= 0.3 is 0 Å². The van der Waals surface area contributed by atoms with Crippen LogP contribution in [0.25, 0.3) is 0 Å². The summed E-state index contributed by atoms with van der Waals surface area (Å²) < 4.78 is 0. The third-order valence-electron chi connectivity index (χ3n) is 2.17. The molecular formula is C7H10. The van der Waals surface area contributed by atoms with E-state index in [4.69, 9.17) is 0 Å². The second-order valence-corrected chi connectivity index (χ2v) is 2.72. The molecule has 0 aromatic heterocycles. The van der Waals surface area contributed by atoms with Gasteiger partial charge in [0, 0.05) is 0 Å². The first kappa shape index (κ1) is 3.71. The standard InChI is InChI=1S/C7H10/c1-2-7-4-3-6(1)5-7/h1-2,6-7H,3-5H2/t6-,7+. The molecular weight excluding hydrogens is 84.1 g/mol. The van der Waals surface area contributed by atoms with Crippen molar-refractivity contribution in [1.82, 2.24) is 0 Å². The zero-order chi connectivity index (χ0) is 4.69. The second kappa shape index (κ2) is 1.12.